The summed E-state index contributed by atoms with van der Waals surface area (Å²) in [5.74, 6) is 0.248. The van der Waals surface area contributed by atoms with E-state index in [0.29, 0.717) is 5.69 Å². The molecule has 0 saturated heterocycles. The summed E-state index contributed by atoms with van der Waals surface area (Å²) in [6.45, 7) is -0.176. The Bertz CT molecular complexity index is 870. The second-order valence-electron chi connectivity index (χ2n) is 4.70. The van der Waals surface area contributed by atoms with Gasteiger partial charge in [-0.25, -0.2) is 0 Å². The summed E-state index contributed by atoms with van der Waals surface area (Å²) < 4.78 is 40.7. The van der Waals surface area contributed by atoms with E-state index >= 15 is 0 Å². The number of tetrazole rings is 1. The number of pyridine rings is 1. The summed E-state index contributed by atoms with van der Waals surface area (Å²) in [5, 5.41) is 11.1. The van der Waals surface area contributed by atoms with Crippen LogP contribution < -0.4 is 5.56 Å². The van der Waals surface area contributed by atoms with E-state index in [1.54, 1.807) is 24.3 Å². The van der Waals surface area contributed by atoms with Gasteiger partial charge in [-0.15, -0.1) is 5.10 Å². The molecule has 0 aliphatic carbocycles. The number of nitrogens with zero attached hydrogens (tertiary/aromatic N) is 5. The molecule has 3 rings (SSSR count). The fourth-order valence-electron chi connectivity index (χ4n) is 2.10. The lowest BCUT2D eigenvalue weighted by molar-refractivity contribution is -0.138. The van der Waals surface area contributed by atoms with Crippen molar-refractivity contribution in [1.82, 2.24) is 24.8 Å². The quantitative estimate of drug-likeness (QED) is 0.739. The highest BCUT2D eigenvalue weighted by molar-refractivity contribution is 5.30. The molecular weight excluding hydrogens is 311 g/mol. The van der Waals surface area contributed by atoms with Gasteiger partial charge in [0.25, 0.3) is 5.56 Å². The molecule has 0 atom stereocenters. The fourth-order valence-corrected chi connectivity index (χ4v) is 2.10. The van der Waals surface area contributed by atoms with Gasteiger partial charge in [0.1, 0.15) is 5.56 Å². The summed E-state index contributed by atoms with van der Waals surface area (Å²) in [5.41, 5.74) is -1.71. The predicted molar refractivity (Wildman–Crippen MR) is 74.0 cm³/mol. The number of para-hydroxylation sites is 1. The standard InChI is InChI=1S/C14H10F3N5O/c15-14(16,17)11-7-4-8-21(13(11)23)9-12-18-19-20-22(12)10-5-2-1-3-6-10/h1-8H,9H2. The van der Waals surface area contributed by atoms with E-state index in [1.165, 1.54) is 16.9 Å². The maximum atomic E-state index is 12.8. The topological polar surface area (TPSA) is 65.6 Å². The zero-order chi connectivity index (χ0) is 16.4. The van der Waals surface area contributed by atoms with Gasteiger partial charge in [-0.1, -0.05) is 18.2 Å². The molecular formula is C14H10F3N5O. The number of hydrogen-bond donors (Lipinski definition) is 0. The van der Waals surface area contributed by atoms with Crippen molar-refractivity contribution in [3.63, 3.8) is 0 Å². The molecule has 0 saturated carbocycles. The van der Waals surface area contributed by atoms with Crippen LogP contribution in [0.1, 0.15) is 11.4 Å². The van der Waals surface area contributed by atoms with Gasteiger partial charge >= 0.3 is 6.18 Å². The average Bonchev–Trinajstić information content (AvgIpc) is 2.97. The second-order valence-corrected chi connectivity index (χ2v) is 4.70. The van der Waals surface area contributed by atoms with Gasteiger partial charge < -0.3 is 4.57 Å². The molecule has 1 aromatic carbocycles. The van der Waals surface area contributed by atoms with Crippen LogP contribution in [-0.4, -0.2) is 24.8 Å². The third kappa shape index (κ3) is 2.98. The molecule has 6 nitrogen and oxygen atoms in total. The third-order valence-electron chi connectivity index (χ3n) is 3.17. The van der Waals surface area contributed by atoms with Gasteiger partial charge in [-0.05, 0) is 34.7 Å². The maximum absolute atomic E-state index is 12.8. The lowest BCUT2D eigenvalue weighted by atomic mass is 10.2. The Morgan fingerprint density at radius 3 is 2.48 bits per heavy atom. The minimum absolute atomic E-state index is 0.176. The summed E-state index contributed by atoms with van der Waals surface area (Å²) in [6.07, 6.45) is -3.44. The highest BCUT2D eigenvalue weighted by Crippen LogP contribution is 2.26. The first-order valence-electron chi connectivity index (χ1n) is 6.56. The van der Waals surface area contributed by atoms with E-state index in [0.717, 1.165) is 10.6 Å². The summed E-state index contributed by atoms with van der Waals surface area (Å²) in [7, 11) is 0. The highest BCUT2D eigenvalue weighted by Gasteiger charge is 2.34. The van der Waals surface area contributed by atoms with Crippen molar-refractivity contribution in [3.8, 4) is 5.69 Å². The smallest absolute Gasteiger partial charge is 0.307 e. The minimum Gasteiger partial charge on any atom is -0.307 e. The fraction of sp³-hybridized carbons (Fsp3) is 0.143. The van der Waals surface area contributed by atoms with Crippen LogP contribution in [0, 0.1) is 0 Å². The largest absolute Gasteiger partial charge is 0.421 e. The molecule has 2 heterocycles. The van der Waals surface area contributed by atoms with E-state index in [4.69, 9.17) is 0 Å². The molecule has 0 unspecified atom stereocenters. The molecule has 118 valence electrons. The van der Waals surface area contributed by atoms with Crippen LogP contribution in [0.2, 0.25) is 0 Å². The molecule has 0 aliphatic heterocycles. The van der Waals surface area contributed by atoms with Gasteiger partial charge in [0.2, 0.25) is 0 Å². The molecule has 0 radical (unpaired) electrons. The number of rotatable bonds is 3. The Morgan fingerprint density at radius 2 is 1.78 bits per heavy atom. The van der Waals surface area contributed by atoms with Gasteiger partial charge in [0.05, 0.1) is 12.2 Å². The monoisotopic (exact) mass is 321 g/mol. The first-order valence-corrected chi connectivity index (χ1v) is 6.56. The molecule has 9 heteroatoms. The van der Waals surface area contributed by atoms with E-state index in [9.17, 15) is 18.0 Å². The van der Waals surface area contributed by atoms with Crippen molar-refractivity contribution in [2.75, 3.05) is 0 Å². The average molecular weight is 321 g/mol. The lowest BCUT2D eigenvalue weighted by Crippen LogP contribution is -2.29. The van der Waals surface area contributed by atoms with E-state index in [2.05, 4.69) is 15.5 Å². The zero-order valence-electron chi connectivity index (χ0n) is 11.6. The van der Waals surface area contributed by atoms with Crippen LogP contribution in [0.25, 0.3) is 5.69 Å². The van der Waals surface area contributed by atoms with Crippen molar-refractivity contribution in [1.29, 1.82) is 0 Å². The normalized spacial score (nSPS) is 11.6. The summed E-state index contributed by atoms with van der Waals surface area (Å²) >= 11 is 0. The van der Waals surface area contributed by atoms with Crippen LogP contribution in [0.3, 0.4) is 0 Å². The highest BCUT2D eigenvalue weighted by atomic mass is 19.4. The van der Waals surface area contributed by atoms with Crippen LogP contribution >= 0.6 is 0 Å². The first-order chi connectivity index (χ1) is 11.0. The van der Waals surface area contributed by atoms with Crippen molar-refractivity contribution >= 4 is 0 Å². The maximum Gasteiger partial charge on any atom is 0.421 e. The molecule has 23 heavy (non-hydrogen) atoms. The second kappa shape index (κ2) is 5.67. The molecule has 0 bridgehead atoms. The molecule has 2 aromatic heterocycles. The summed E-state index contributed by atoms with van der Waals surface area (Å²) in [6, 6.07) is 10.8. The Morgan fingerprint density at radius 1 is 1.04 bits per heavy atom. The molecule has 0 aliphatic rings. The van der Waals surface area contributed by atoms with Gasteiger partial charge in [-0.2, -0.15) is 17.9 Å². The number of alkyl halides is 3. The van der Waals surface area contributed by atoms with Crippen molar-refractivity contribution in [2.24, 2.45) is 0 Å². The molecule has 3 aromatic rings. The number of hydrogen-bond acceptors (Lipinski definition) is 4. The van der Waals surface area contributed by atoms with E-state index in [-0.39, 0.29) is 12.4 Å². The Kier molecular flexibility index (Phi) is 3.68. The Labute approximate surface area is 127 Å². The van der Waals surface area contributed by atoms with Gasteiger partial charge in [-0.3, -0.25) is 4.79 Å². The number of halogens is 3. The van der Waals surface area contributed by atoms with Crippen molar-refractivity contribution in [3.05, 3.63) is 70.4 Å². The zero-order valence-corrected chi connectivity index (χ0v) is 11.6. The third-order valence-corrected chi connectivity index (χ3v) is 3.17. The number of benzene rings is 1. The lowest BCUT2D eigenvalue weighted by Gasteiger charge is -2.10. The van der Waals surface area contributed by atoms with Crippen LogP contribution in [0.5, 0.6) is 0 Å². The molecule has 0 N–H and O–H groups in total. The summed E-state index contributed by atoms with van der Waals surface area (Å²) in [4.78, 5) is 12.0. The first kappa shape index (κ1) is 14.9. The SMILES string of the molecule is O=c1c(C(F)(F)F)cccn1Cc1nnnn1-c1ccccc1. The van der Waals surface area contributed by atoms with Crippen LogP contribution in [0.4, 0.5) is 13.2 Å². The van der Waals surface area contributed by atoms with Crippen molar-refractivity contribution in [2.45, 2.75) is 12.7 Å². The van der Waals surface area contributed by atoms with Crippen LogP contribution in [-0.2, 0) is 12.7 Å². The predicted octanol–water partition coefficient (Wildman–Crippen LogP) is 1.89. The molecule has 0 fully saturated rings. The van der Waals surface area contributed by atoms with E-state index < -0.39 is 17.3 Å². The van der Waals surface area contributed by atoms with Crippen molar-refractivity contribution < 1.29 is 13.2 Å². The number of aromatic nitrogens is 5. The van der Waals surface area contributed by atoms with E-state index in [1.807, 2.05) is 6.07 Å². The Balaban J connectivity index is 1.99. The van der Waals surface area contributed by atoms with Gasteiger partial charge in [0, 0.05) is 6.20 Å². The minimum atomic E-state index is -4.70. The Hall–Kier alpha value is -2.97. The van der Waals surface area contributed by atoms with Gasteiger partial charge in [0.15, 0.2) is 5.82 Å². The molecule has 0 spiro atoms. The van der Waals surface area contributed by atoms with Crippen LogP contribution in [0.15, 0.2) is 53.5 Å². The molecule has 0 amide bonds.